The van der Waals surface area contributed by atoms with Crippen molar-refractivity contribution in [3.63, 3.8) is 0 Å². The first-order chi connectivity index (χ1) is 8.63. The summed E-state index contributed by atoms with van der Waals surface area (Å²) in [4.78, 5) is 24.9. The summed E-state index contributed by atoms with van der Waals surface area (Å²) in [6, 6.07) is 0.368. The molecule has 1 fully saturated rings. The molecule has 0 saturated heterocycles. The van der Waals surface area contributed by atoms with Crippen LogP contribution in [0.3, 0.4) is 0 Å². The van der Waals surface area contributed by atoms with Gasteiger partial charge < -0.3 is 10.1 Å². The molecule has 0 bridgehead atoms. The van der Waals surface area contributed by atoms with Crippen LogP contribution in [-0.4, -0.2) is 56.5 Å². The molecule has 0 unspecified atom stereocenters. The van der Waals surface area contributed by atoms with Crippen LogP contribution in [0.5, 0.6) is 0 Å². The molecule has 5 nitrogen and oxygen atoms in total. The van der Waals surface area contributed by atoms with Gasteiger partial charge in [0, 0.05) is 39.1 Å². The van der Waals surface area contributed by atoms with E-state index in [4.69, 9.17) is 4.74 Å². The summed E-state index contributed by atoms with van der Waals surface area (Å²) in [6.45, 7) is 1.73. The van der Waals surface area contributed by atoms with E-state index in [1.165, 1.54) is 0 Å². The van der Waals surface area contributed by atoms with E-state index < -0.39 is 0 Å². The van der Waals surface area contributed by atoms with E-state index in [1.54, 1.807) is 7.11 Å². The summed E-state index contributed by atoms with van der Waals surface area (Å²) in [5.41, 5.74) is 0. The highest BCUT2D eigenvalue weighted by atomic mass is 16.5. The van der Waals surface area contributed by atoms with Crippen LogP contribution < -0.4 is 5.32 Å². The van der Waals surface area contributed by atoms with Gasteiger partial charge in [0.2, 0.25) is 5.91 Å². The SMILES string of the molecule is COCCCNC(=O)CN(C)C1CCC(=O)CC1. The molecule has 0 heterocycles. The first-order valence-corrected chi connectivity index (χ1v) is 6.61. The maximum Gasteiger partial charge on any atom is 0.234 e. The van der Waals surface area contributed by atoms with Crippen molar-refractivity contribution in [2.75, 3.05) is 33.9 Å². The van der Waals surface area contributed by atoms with Crippen LogP contribution in [0, 0.1) is 0 Å². The molecule has 0 spiro atoms. The quantitative estimate of drug-likeness (QED) is 0.677. The minimum atomic E-state index is 0.0468. The van der Waals surface area contributed by atoms with Gasteiger partial charge >= 0.3 is 0 Å². The molecule has 1 aliphatic carbocycles. The molecule has 1 rings (SSSR count). The number of carbonyl (C=O) groups excluding carboxylic acids is 2. The number of amides is 1. The number of ether oxygens (including phenoxy) is 1. The van der Waals surface area contributed by atoms with Gasteiger partial charge in [-0.05, 0) is 26.3 Å². The molecule has 5 heteroatoms. The molecule has 0 aliphatic heterocycles. The standard InChI is InChI=1S/C13H24N2O3/c1-15(11-4-6-12(16)7-5-11)10-13(17)14-8-3-9-18-2/h11H,3-10H2,1-2H3,(H,14,17). The van der Waals surface area contributed by atoms with Crippen LogP contribution in [0.2, 0.25) is 0 Å². The third-order valence-electron chi connectivity index (χ3n) is 3.38. The molecule has 104 valence electrons. The highest BCUT2D eigenvalue weighted by Crippen LogP contribution is 2.18. The summed E-state index contributed by atoms with van der Waals surface area (Å²) in [7, 11) is 3.61. The van der Waals surface area contributed by atoms with Gasteiger partial charge in [0.05, 0.1) is 6.54 Å². The summed E-state index contributed by atoms with van der Waals surface area (Å²) in [6.07, 6.45) is 3.91. The van der Waals surface area contributed by atoms with Crippen molar-refractivity contribution in [3.8, 4) is 0 Å². The maximum atomic E-state index is 11.7. The van der Waals surface area contributed by atoms with Crippen molar-refractivity contribution in [3.05, 3.63) is 0 Å². The van der Waals surface area contributed by atoms with Crippen LogP contribution in [0.15, 0.2) is 0 Å². The zero-order valence-corrected chi connectivity index (χ0v) is 11.4. The number of rotatable bonds is 7. The van der Waals surface area contributed by atoms with Gasteiger partial charge in [-0.25, -0.2) is 0 Å². The predicted octanol–water partition coefficient (Wildman–Crippen LogP) is 0.583. The summed E-state index contributed by atoms with van der Waals surface area (Å²) >= 11 is 0. The Morgan fingerprint density at radius 2 is 2.11 bits per heavy atom. The van der Waals surface area contributed by atoms with Crippen molar-refractivity contribution in [1.29, 1.82) is 0 Å². The lowest BCUT2D eigenvalue weighted by atomic mass is 9.93. The first-order valence-electron chi connectivity index (χ1n) is 6.61. The normalized spacial score (nSPS) is 17.2. The van der Waals surface area contributed by atoms with Gasteiger partial charge in [0.15, 0.2) is 0 Å². The summed E-state index contributed by atoms with van der Waals surface area (Å²) < 4.78 is 4.92. The second-order valence-corrected chi connectivity index (χ2v) is 4.88. The average Bonchev–Trinajstić information content (AvgIpc) is 2.35. The van der Waals surface area contributed by atoms with Crippen LogP contribution in [0.25, 0.3) is 0 Å². The van der Waals surface area contributed by atoms with Gasteiger partial charge in [-0.1, -0.05) is 0 Å². The highest BCUT2D eigenvalue weighted by molar-refractivity contribution is 5.79. The van der Waals surface area contributed by atoms with Gasteiger partial charge in [-0.2, -0.15) is 0 Å². The smallest absolute Gasteiger partial charge is 0.234 e. The van der Waals surface area contributed by atoms with Gasteiger partial charge in [0.25, 0.3) is 0 Å². The van der Waals surface area contributed by atoms with Gasteiger partial charge in [-0.3, -0.25) is 14.5 Å². The monoisotopic (exact) mass is 256 g/mol. The fourth-order valence-electron chi connectivity index (χ4n) is 2.22. The molecule has 1 N–H and O–H groups in total. The number of ketones is 1. The largest absolute Gasteiger partial charge is 0.385 e. The van der Waals surface area contributed by atoms with E-state index >= 15 is 0 Å². The summed E-state index contributed by atoms with van der Waals surface area (Å²) in [5.74, 6) is 0.397. The van der Waals surface area contributed by atoms with Crippen molar-refractivity contribution < 1.29 is 14.3 Å². The van der Waals surface area contributed by atoms with Gasteiger partial charge in [-0.15, -0.1) is 0 Å². The van der Waals surface area contributed by atoms with E-state index in [2.05, 4.69) is 10.2 Å². The lowest BCUT2D eigenvalue weighted by molar-refractivity contribution is -0.123. The minimum absolute atomic E-state index is 0.0468. The Kier molecular flexibility index (Phi) is 6.90. The van der Waals surface area contributed by atoms with E-state index in [0.717, 1.165) is 19.3 Å². The molecular formula is C13H24N2O3. The topological polar surface area (TPSA) is 58.6 Å². The number of carbonyl (C=O) groups is 2. The number of nitrogens with one attached hydrogen (secondary N) is 1. The molecule has 0 atom stereocenters. The van der Waals surface area contributed by atoms with Crippen LogP contribution >= 0.6 is 0 Å². The molecule has 0 radical (unpaired) electrons. The molecule has 1 aliphatic rings. The predicted molar refractivity (Wildman–Crippen MR) is 69.4 cm³/mol. The van der Waals surface area contributed by atoms with E-state index in [-0.39, 0.29) is 5.91 Å². The number of likely N-dealkylation sites (N-methyl/N-ethyl adjacent to an activating group) is 1. The molecule has 1 amide bonds. The third-order valence-corrected chi connectivity index (χ3v) is 3.38. The highest BCUT2D eigenvalue weighted by Gasteiger charge is 2.23. The molecule has 18 heavy (non-hydrogen) atoms. The van der Waals surface area contributed by atoms with Crippen LogP contribution in [0.4, 0.5) is 0 Å². The Morgan fingerprint density at radius 3 is 2.72 bits per heavy atom. The lowest BCUT2D eigenvalue weighted by Crippen LogP contribution is -2.42. The number of Topliss-reactive ketones (excluding diaryl/α,β-unsaturated/α-hetero) is 1. The van der Waals surface area contributed by atoms with Crippen molar-refractivity contribution in [2.24, 2.45) is 0 Å². The number of hydrogen-bond acceptors (Lipinski definition) is 4. The van der Waals surface area contributed by atoms with Crippen molar-refractivity contribution in [1.82, 2.24) is 10.2 Å². The van der Waals surface area contributed by atoms with E-state index in [1.807, 2.05) is 7.05 Å². The molecule has 0 aromatic heterocycles. The third kappa shape index (κ3) is 5.60. The lowest BCUT2D eigenvalue weighted by Gasteiger charge is -2.30. The number of methoxy groups -OCH3 is 1. The van der Waals surface area contributed by atoms with E-state index in [9.17, 15) is 9.59 Å². The van der Waals surface area contributed by atoms with Crippen LogP contribution in [0.1, 0.15) is 32.1 Å². The van der Waals surface area contributed by atoms with E-state index in [0.29, 0.717) is 44.4 Å². The Hall–Kier alpha value is -0.940. The van der Waals surface area contributed by atoms with Crippen LogP contribution in [-0.2, 0) is 14.3 Å². The Labute approximate surface area is 109 Å². The molecule has 0 aromatic rings. The zero-order chi connectivity index (χ0) is 13.4. The van der Waals surface area contributed by atoms with Crippen molar-refractivity contribution in [2.45, 2.75) is 38.1 Å². The zero-order valence-electron chi connectivity index (χ0n) is 11.4. The fourth-order valence-corrected chi connectivity index (χ4v) is 2.22. The molecular weight excluding hydrogens is 232 g/mol. The van der Waals surface area contributed by atoms with Crippen molar-refractivity contribution >= 4 is 11.7 Å². The second kappa shape index (κ2) is 8.21. The fraction of sp³-hybridized carbons (Fsp3) is 0.846. The Morgan fingerprint density at radius 1 is 1.44 bits per heavy atom. The molecule has 1 saturated carbocycles. The Bertz CT molecular complexity index is 271. The second-order valence-electron chi connectivity index (χ2n) is 4.88. The summed E-state index contributed by atoms with van der Waals surface area (Å²) in [5, 5.41) is 2.87. The van der Waals surface area contributed by atoms with Gasteiger partial charge in [0.1, 0.15) is 5.78 Å². The number of nitrogens with zero attached hydrogens (tertiary/aromatic N) is 1. The number of hydrogen-bond donors (Lipinski definition) is 1. The maximum absolute atomic E-state index is 11.7. The average molecular weight is 256 g/mol. The Balaban J connectivity index is 2.16. The molecule has 0 aromatic carbocycles. The first kappa shape index (κ1) is 15.1. The minimum Gasteiger partial charge on any atom is -0.385 e.